The normalized spacial score (nSPS) is 15.8. The van der Waals surface area contributed by atoms with Crippen molar-refractivity contribution in [3.05, 3.63) is 59.9 Å². The second kappa shape index (κ2) is 7.23. The summed E-state index contributed by atoms with van der Waals surface area (Å²) < 4.78 is 0. The molecule has 2 heterocycles. The van der Waals surface area contributed by atoms with Crippen molar-refractivity contribution in [2.45, 2.75) is 25.2 Å². The summed E-state index contributed by atoms with van der Waals surface area (Å²) in [6.07, 6.45) is 5.37. The van der Waals surface area contributed by atoms with Crippen molar-refractivity contribution in [3.63, 3.8) is 0 Å². The van der Waals surface area contributed by atoms with Gasteiger partial charge in [0.15, 0.2) is 0 Å². The molecule has 110 valence electrons. The van der Waals surface area contributed by atoms with Crippen molar-refractivity contribution in [1.29, 1.82) is 0 Å². The Labute approximate surface area is 126 Å². The molecule has 3 rings (SSSR count). The van der Waals surface area contributed by atoms with Gasteiger partial charge < -0.3 is 10.6 Å². The maximum atomic E-state index is 4.56. The molecular formula is C18H23N3. The Morgan fingerprint density at radius 1 is 1.10 bits per heavy atom. The zero-order valence-corrected chi connectivity index (χ0v) is 12.4. The Kier molecular flexibility index (Phi) is 4.85. The first kappa shape index (κ1) is 14.1. The largest absolute Gasteiger partial charge is 0.385 e. The van der Waals surface area contributed by atoms with Crippen LogP contribution < -0.4 is 10.6 Å². The third kappa shape index (κ3) is 4.05. The lowest BCUT2D eigenvalue weighted by Gasteiger charge is -2.22. The standard InChI is InChI=1S/C18H23N3/c1-2-4-15(5-3-1)6-12-20-17-9-13-21-18(14-17)16-7-10-19-11-8-16/h1-5,9,13-14,16,19H,6-8,10-12H2,(H,20,21). The molecule has 0 bridgehead atoms. The molecule has 1 saturated heterocycles. The van der Waals surface area contributed by atoms with Gasteiger partial charge in [-0.1, -0.05) is 30.3 Å². The van der Waals surface area contributed by atoms with E-state index in [9.17, 15) is 0 Å². The second-order valence-electron chi connectivity index (χ2n) is 5.66. The summed E-state index contributed by atoms with van der Waals surface area (Å²) in [5, 5.41) is 6.93. The van der Waals surface area contributed by atoms with Crippen LogP contribution in [0, 0.1) is 0 Å². The number of pyridine rings is 1. The van der Waals surface area contributed by atoms with E-state index in [-0.39, 0.29) is 0 Å². The number of nitrogens with one attached hydrogen (secondary N) is 2. The molecule has 3 heteroatoms. The van der Waals surface area contributed by atoms with Gasteiger partial charge in [0.1, 0.15) is 0 Å². The predicted octanol–water partition coefficient (Wildman–Crippen LogP) is 3.20. The van der Waals surface area contributed by atoms with Gasteiger partial charge in [0.25, 0.3) is 0 Å². The van der Waals surface area contributed by atoms with Crippen molar-refractivity contribution in [1.82, 2.24) is 10.3 Å². The maximum Gasteiger partial charge on any atom is 0.0456 e. The molecule has 1 aromatic carbocycles. The van der Waals surface area contributed by atoms with Crippen molar-refractivity contribution >= 4 is 5.69 Å². The minimum Gasteiger partial charge on any atom is -0.385 e. The summed E-state index contributed by atoms with van der Waals surface area (Å²) in [6, 6.07) is 14.9. The highest BCUT2D eigenvalue weighted by Gasteiger charge is 2.16. The minimum atomic E-state index is 0.613. The fraction of sp³-hybridized carbons (Fsp3) is 0.389. The highest BCUT2D eigenvalue weighted by molar-refractivity contribution is 5.44. The molecule has 0 atom stereocenters. The Morgan fingerprint density at radius 3 is 2.71 bits per heavy atom. The fourth-order valence-corrected chi connectivity index (χ4v) is 2.90. The third-order valence-corrected chi connectivity index (χ3v) is 4.12. The van der Waals surface area contributed by atoms with Gasteiger partial charge in [-0.05, 0) is 50.0 Å². The van der Waals surface area contributed by atoms with Crippen LogP contribution in [0.4, 0.5) is 5.69 Å². The van der Waals surface area contributed by atoms with Crippen LogP contribution in [0.3, 0.4) is 0 Å². The summed E-state index contributed by atoms with van der Waals surface area (Å²) in [4.78, 5) is 4.56. The first-order valence-corrected chi connectivity index (χ1v) is 7.86. The van der Waals surface area contributed by atoms with Gasteiger partial charge in [-0.3, -0.25) is 4.98 Å². The van der Waals surface area contributed by atoms with E-state index in [0.717, 1.165) is 26.1 Å². The van der Waals surface area contributed by atoms with Crippen molar-refractivity contribution in [2.75, 3.05) is 25.0 Å². The lowest BCUT2D eigenvalue weighted by molar-refractivity contribution is 0.453. The van der Waals surface area contributed by atoms with Crippen LogP contribution in [0.2, 0.25) is 0 Å². The van der Waals surface area contributed by atoms with Gasteiger partial charge in [0.05, 0.1) is 0 Å². The zero-order chi connectivity index (χ0) is 14.3. The highest BCUT2D eigenvalue weighted by atomic mass is 14.9. The Hall–Kier alpha value is -1.87. The Bertz CT molecular complexity index is 547. The van der Waals surface area contributed by atoms with E-state index < -0.39 is 0 Å². The Morgan fingerprint density at radius 2 is 1.90 bits per heavy atom. The number of rotatable bonds is 5. The zero-order valence-electron chi connectivity index (χ0n) is 12.4. The monoisotopic (exact) mass is 281 g/mol. The number of anilines is 1. The molecule has 1 fully saturated rings. The molecule has 21 heavy (non-hydrogen) atoms. The third-order valence-electron chi connectivity index (χ3n) is 4.12. The molecule has 1 aliphatic rings. The molecular weight excluding hydrogens is 258 g/mol. The molecule has 0 aliphatic carbocycles. The van der Waals surface area contributed by atoms with Crippen LogP contribution >= 0.6 is 0 Å². The van der Waals surface area contributed by atoms with Gasteiger partial charge in [0, 0.05) is 30.0 Å². The van der Waals surface area contributed by atoms with Gasteiger partial charge in [-0.2, -0.15) is 0 Å². The van der Waals surface area contributed by atoms with Crippen LogP contribution in [-0.2, 0) is 6.42 Å². The van der Waals surface area contributed by atoms with Crippen molar-refractivity contribution in [2.24, 2.45) is 0 Å². The minimum absolute atomic E-state index is 0.613. The molecule has 0 radical (unpaired) electrons. The number of hydrogen-bond donors (Lipinski definition) is 2. The first-order chi connectivity index (χ1) is 10.4. The molecule has 1 aromatic heterocycles. The Balaban J connectivity index is 1.55. The quantitative estimate of drug-likeness (QED) is 0.883. The van der Waals surface area contributed by atoms with Crippen LogP contribution in [0.1, 0.15) is 30.0 Å². The summed E-state index contributed by atoms with van der Waals surface area (Å²) >= 11 is 0. The lowest BCUT2D eigenvalue weighted by Crippen LogP contribution is -2.27. The molecule has 2 aromatic rings. The lowest BCUT2D eigenvalue weighted by atomic mass is 9.94. The fourth-order valence-electron chi connectivity index (χ4n) is 2.90. The maximum absolute atomic E-state index is 4.56. The van der Waals surface area contributed by atoms with E-state index >= 15 is 0 Å². The van der Waals surface area contributed by atoms with Crippen LogP contribution in [0.25, 0.3) is 0 Å². The number of hydrogen-bond acceptors (Lipinski definition) is 3. The van der Waals surface area contributed by atoms with E-state index in [1.54, 1.807) is 0 Å². The van der Waals surface area contributed by atoms with E-state index in [1.807, 2.05) is 6.20 Å². The summed E-state index contributed by atoms with van der Waals surface area (Å²) in [6.45, 7) is 3.18. The summed E-state index contributed by atoms with van der Waals surface area (Å²) in [5.74, 6) is 0.613. The molecule has 1 aliphatic heterocycles. The van der Waals surface area contributed by atoms with Crippen LogP contribution in [-0.4, -0.2) is 24.6 Å². The molecule has 0 spiro atoms. The number of benzene rings is 1. The first-order valence-electron chi connectivity index (χ1n) is 7.86. The molecule has 2 N–H and O–H groups in total. The highest BCUT2D eigenvalue weighted by Crippen LogP contribution is 2.25. The van der Waals surface area contributed by atoms with Gasteiger partial charge in [-0.15, -0.1) is 0 Å². The molecule has 0 unspecified atom stereocenters. The topological polar surface area (TPSA) is 37.0 Å². The average Bonchev–Trinajstić information content (AvgIpc) is 2.57. The van der Waals surface area contributed by atoms with E-state index in [0.29, 0.717) is 5.92 Å². The smallest absolute Gasteiger partial charge is 0.0456 e. The van der Waals surface area contributed by atoms with Crippen LogP contribution in [0.5, 0.6) is 0 Å². The molecule has 3 nitrogen and oxygen atoms in total. The van der Waals surface area contributed by atoms with Gasteiger partial charge in [-0.25, -0.2) is 0 Å². The van der Waals surface area contributed by atoms with Gasteiger partial charge >= 0.3 is 0 Å². The molecule has 0 saturated carbocycles. The van der Waals surface area contributed by atoms with Crippen molar-refractivity contribution in [3.8, 4) is 0 Å². The van der Waals surface area contributed by atoms with E-state index in [4.69, 9.17) is 0 Å². The number of aromatic nitrogens is 1. The molecule has 0 amide bonds. The number of nitrogens with zero attached hydrogens (tertiary/aromatic N) is 1. The van der Waals surface area contributed by atoms with E-state index in [2.05, 4.69) is 58.1 Å². The van der Waals surface area contributed by atoms with Crippen LogP contribution in [0.15, 0.2) is 48.7 Å². The number of piperidine rings is 1. The van der Waals surface area contributed by atoms with E-state index in [1.165, 1.54) is 29.8 Å². The second-order valence-corrected chi connectivity index (χ2v) is 5.66. The van der Waals surface area contributed by atoms with Gasteiger partial charge in [0.2, 0.25) is 0 Å². The summed E-state index contributed by atoms with van der Waals surface area (Å²) in [7, 11) is 0. The SMILES string of the molecule is c1ccc(CCNc2ccnc(C3CCNCC3)c2)cc1. The average molecular weight is 281 g/mol. The summed E-state index contributed by atoms with van der Waals surface area (Å²) in [5.41, 5.74) is 3.80. The van der Waals surface area contributed by atoms with Crippen molar-refractivity contribution < 1.29 is 0 Å². The predicted molar refractivity (Wildman–Crippen MR) is 87.7 cm³/mol.